The van der Waals surface area contributed by atoms with E-state index in [1.165, 1.54) is 19.1 Å². The van der Waals surface area contributed by atoms with E-state index in [2.05, 4.69) is 5.32 Å². The second kappa shape index (κ2) is 22.4. The van der Waals surface area contributed by atoms with Gasteiger partial charge >= 0.3 is 30.0 Å². The highest BCUT2D eigenvalue weighted by Crippen LogP contribution is 2.65. The maximum Gasteiger partial charge on any atom is 0.514 e. The molecule has 0 spiro atoms. The number of hydrogen-bond acceptors (Lipinski definition) is 18. The van der Waals surface area contributed by atoms with Crippen molar-refractivity contribution in [2.45, 2.75) is 147 Å². The molecule has 3 aliphatic carbocycles. The number of nitro benzene ring substituents is 1. The number of carbonyl (C=O) groups is 7. The Kier molecular flexibility index (Phi) is 16.5. The molecule has 0 radical (unpaired) electrons. The van der Waals surface area contributed by atoms with Crippen LogP contribution in [0.5, 0.6) is 5.75 Å². The van der Waals surface area contributed by atoms with Crippen molar-refractivity contribution in [3.05, 3.63) is 153 Å². The van der Waals surface area contributed by atoms with Gasteiger partial charge in [-0.25, -0.2) is 14.4 Å². The fraction of sp³-hybridized carbons (Fsp3) is 0.450. The summed E-state index contributed by atoms with van der Waals surface area (Å²) < 4.78 is 50.4. The standard InChI is InChI=1S/C60H68N2O18Si/c1-34-42(76-54(68)48(80-81(10,11)56(4,5)6)46(37-21-15-12-16-22-37)61-52(66)38-23-17-13-18-24-38)32-60(70)51(78-53(67)39-25-19-14-20-26-39)49-58(9,50(65)47(74-35(2)63)45(34)57(60,7)8)43(31-44-59(49,33-73-44)79-36(3)64)77-55(69)75-41-29-27-40(28-30-41)62(71)72/h12-30,42-44,46-49,51,70H,31-33H2,1-11H3,(H,61,66)/t42-,43-,44+,46-,47+,48+,49-,51-,58+,59-,60+/m0/s1. The van der Waals surface area contributed by atoms with Crippen LogP contribution in [-0.4, -0.2) is 115 Å². The molecule has 21 heteroatoms. The third-order valence-corrected chi connectivity index (χ3v) is 21.6. The molecule has 1 saturated heterocycles. The van der Waals surface area contributed by atoms with Gasteiger partial charge in [0.25, 0.3) is 11.6 Å². The average Bonchev–Trinajstić information content (AvgIpc) is 3.60. The molecule has 0 unspecified atom stereocenters. The number of Topliss-reactive ketones (excluding diaryl/α,β-unsaturated/α-hetero) is 1. The number of nitrogens with zero attached hydrogens (tertiary/aromatic N) is 1. The van der Waals surface area contributed by atoms with Crippen LogP contribution in [0.4, 0.5) is 10.5 Å². The summed E-state index contributed by atoms with van der Waals surface area (Å²) in [5, 5.41) is 28.3. The first-order valence-electron chi connectivity index (χ1n) is 26.6. The topological polar surface area (TPSA) is 269 Å². The van der Waals surface area contributed by atoms with E-state index in [0.717, 1.165) is 38.1 Å². The number of nitro groups is 1. The molecule has 4 aliphatic rings. The minimum atomic E-state index is -3.02. The van der Waals surface area contributed by atoms with Gasteiger partial charge in [0, 0.05) is 49.8 Å². The molecule has 0 aromatic heterocycles. The maximum atomic E-state index is 16.5. The van der Waals surface area contributed by atoms with Crippen molar-refractivity contribution in [1.82, 2.24) is 5.32 Å². The Morgan fingerprint density at radius 1 is 0.802 bits per heavy atom. The summed E-state index contributed by atoms with van der Waals surface area (Å²) in [6.07, 6.45) is -12.3. The molecule has 81 heavy (non-hydrogen) atoms. The number of benzene rings is 4. The van der Waals surface area contributed by atoms with E-state index in [0.29, 0.717) is 11.1 Å². The quantitative estimate of drug-likeness (QED) is 0.0214. The highest BCUT2D eigenvalue weighted by Gasteiger charge is 2.79. The first-order valence-corrected chi connectivity index (χ1v) is 29.5. The van der Waals surface area contributed by atoms with E-state index in [1.807, 2.05) is 33.9 Å². The average molecular weight is 1130 g/mol. The number of hydrogen-bond donors (Lipinski definition) is 2. The number of ketones is 1. The predicted octanol–water partition coefficient (Wildman–Crippen LogP) is 8.90. The molecule has 4 aromatic rings. The fourth-order valence-corrected chi connectivity index (χ4v) is 13.0. The number of fused-ring (bicyclic) bond motifs is 5. The third-order valence-electron chi connectivity index (χ3n) is 17.1. The Bertz CT molecular complexity index is 3130. The Morgan fingerprint density at radius 3 is 1.91 bits per heavy atom. The molecule has 1 amide bonds. The molecule has 1 aliphatic heterocycles. The number of carbonyl (C=O) groups excluding carboxylic acids is 7. The zero-order valence-corrected chi connectivity index (χ0v) is 48.0. The van der Waals surface area contributed by atoms with Gasteiger partial charge in [0.2, 0.25) is 0 Å². The molecular formula is C60H68N2O18Si. The zero-order chi connectivity index (χ0) is 59.2. The van der Waals surface area contributed by atoms with Crippen molar-refractivity contribution in [2.24, 2.45) is 16.7 Å². The highest BCUT2D eigenvalue weighted by atomic mass is 28.4. The Morgan fingerprint density at radius 2 is 1.38 bits per heavy atom. The lowest BCUT2D eigenvalue weighted by Crippen LogP contribution is -2.82. The largest absolute Gasteiger partial charge is 0.514 e. The second-order valence-electron chi connectivity index (χ2n) is 23.4. The van der Waals surface area contributed by atoms with Gasteiger partial charge in [0.1, 0.15) is 35.8 Å². The van der Waals surface area contributed by atoms with Crippen molar-refractivity contribution in [2.75, 3.05) is 6.61 Å². The van der Waals surface area contributed by atoms with Crippen LogP contribution in [0, 0.1) is 26.9 Å². The van der Waals surface area contributed by atoms with Gasteiger partial charge in [-0.2, -0.15) is 0 Å². The van der Waals surface area contributed by atoms with Gasteiger partial charge in [-0.15, -0.1) is 0 Å². The number of rotatable bonds is 15. The minimum Gasteiger partial charge on any atom is -0.456 e. The predicted molar refractivity (Wildman–Crippen MR) is 292 cm³/mol. The van der Waals surface area contributed by atoms with Crippen LogP contribution in [0.25, 0.3) is 0 Å². The molecule has 2 saturated carbocycles. The monoisotopic (exact) mass is 1130 g/mol. The van der Waals surface area contributed by atoms with Crippen LogP contribution < -0.4 is 10.1 Å². The van der Waals surface area contributed by atoms with Crippen LogP contribution in [0.1, 0.15) is 107 Å². The lowest BCUT2D eigenvalue weighted by atomic mass is 9.44. The molecule has 2 bridgehead atoms. The van der Waals surface area contributed by atoms with Gasteiger partial charge in [0.15, 0.2) is 31.9 Å². The summed E-state index contributed by atoms with van der Waals surface area (Å²) in [5.74, 6) is -7.24. The smallest absolute Gasteiger partial charge is 0.456 e. The van der Waals surface area contributed by atoms with Crippen molar-refractivity contribution < 1.29 is 81.2 Å². The van der Waals surface area contributed by atoms with Crippen molar-refractivity contribution in [3.8, 4) is 5.75 Å². The molecule has 20 nitrogen and oxygen atoms in total. The number of nitrogens with one attached hydrogen (secondary N) is 1. The lowest BCUT2D eigenvalue weighted by Gasteiger charge is -2.67. The summed E-state index contributed by atoms with van der Waals surface area (Å²) in [6, 6.07) is 28.2. The van der Waals surface area contributed by atoms with Crippen LogP contribution in [-0.2, 0) is 52.0 Å². The minimum absolute atomic E-state index is 0.00544. The van der Waals surface area contributed by atoms with Gasteiger partial charge in [-0.05, 0) is 85.1 Å². The number of ether oxygens (including phenoxy) is 7. The molecule has 1 heterocycles. The number of non-ortho nitro benzene ring substituents is 1. The fourth-order valence-electron chi connectivity index (χ4n) is 11.8. The van der Waals surface area contributed by atoms with E-state index in [4.69, 9.17) is 37.6 Å². The van der Waals surface area contributed by atoms with E-state index in [1.54, 1.807) is 99.6 Å². The molecule has 3 fully saturated rings. The summed E-state index contributed by atoms with van der Waals surface area (Å²) in [7, 11) is -3.02. The second-order valence-corrected chi connectivity index (χ2v) is 28.2. The van der Waals surface area contributed by atoms with E-state index in [-0.39, 0.29) is 34.6 Å². The Hall–Kier alpha value is -7.59. The summed E-state index contributed by atoms with van der Waals surface area (Å²) in [4.78, 5) is 113. The first kappa shape index (κ1) is 59.5. The van der Waals surface area contributed by atoms with Crippen LogP contribution in [0.2, 0.25) is 18.1 Å². The maximum absolute atomic E-state index is 16.5. The van der Waals surface area contributed by atoms with Gasteiger partial charge in [0.05, 0.1) is 34.5 Å². The van der Waals surface area contributed by atoms with E-state index in [9.17, 15) is 39.2 Å². The van der Waals surface area contributed by atoms with E-state index < -0.39 is 144 Å². The first-order chi connectivity index (χ1) is 38.0. The van der Waals surface area contributed by atoms with Gasteiger partial charge in [-0.1, -0.05) is 101 Å². The number of esters is 4. The van der Waals surface area contributed by atoms with Gasteiger partial charge in [-0.3, -0.25) is 29.3 Å². The van der Waals surface area contributed by atoms with Crippen LogP contribution >= 0.6 is 0 Å². The zero-order valence-electron chi connectivity index (χ0n) is 47.0. The highest BCUT2D eigenvalue weighted by molar-refractivity contribution is 6.74. The van der Waals surface area contributed by atoms with Crippen LogP contribution in [0.3, 0.4) is 0 Å². The SMILES string of the molecule is CC(=O)O[C@H]1C(=O)[C@]2(C)[C@@H](OC(=O)Oc3ccc([N+](=O)[O-])cc3)C[C@H]3OC[C@@]3(OC(C)=O)[C@H]2[C@H](OC(=O)c2ccccc2)[C@]2(O)C[C@H](OC(=O)[C@H](O[Si](C)(C)C(C)(C)C)[C@@H](NC(=O)c3ccccc3)c3ccccc3)C(C)=C1C2(C)C. The normalized spacial score (nSPS) is 27.4. The van der Waals surface area contributed by atoms with Crippen molar-refractivity contribution in [3.63, 3.8) is 0 Å². The summed E-state index contributed by atoms with van der Waals surface area (Å²) in [6.45, 7) is 17.6. The third kappa shape index (κ3) is 11.2. The molecule has 4 aromatic carbocycles. The number of amides is 1. The lowest BCUT2D eigenvalue weighted by molar-refractivity contribution is -0.384. The molecule has 11 atom stereocenters. The van der Waals surface area contributed by atoms with E-state index >= 15 is 9.59 Å². The summed E-state index contributed by atoms with van der Waals surface area (Å²) in [5.41, 5.74) is -8.00. The van der Waals surface area contributed by atoms with Crippen LogP contribution in [0.15, 0.2) is 126 Å². The van der Waals surface area contributed by atoms with Crippen molar-refractivity contribution >= 4 is 55.7 Å². The molecular weight excluding hydrogens is 1060 g/mol. The van der Waals surface area contributed by atoms with Crippen molar-refractivity contribution in [1.29, 1.82) is 0 Å². The molecule has 430 valence electrons. The summed E-state index contributed by atoms with van der Waals surface area (Å²) >= 11 is 0. The van der Waals surface area contributed by atoms with Gasteiger partial charge < -0.3 is 48.0 Å². The Balaban J connectivity index is 1.33. The molecule has 8 rings (SSSR count). The molecule has 2 N–H and O–H groups in total. The number of aliphatic hydroxyl groups is 1. The Labute approximate surface area is 470 Å².